The fourth-order valence-electron chi connectivity index (χ4n) is 7.68. The summed E-state index contributed by atoms with van der Waals surface area (Å²) in [6.45, 7) is 4.22. The van der Waals surface area contributed by atoms with Gasteiger partial charge in [0, 0.05) is 13.1 Å². The highest BCUT2D eigenvalue weighted by atomic mass is 16.5. The third-order valence-electron chi connectivity index (χ3n) is 9.82. The van der Waals surface area contributed by atoms with Gasteiger partial charge >= 0.3 is 0 Å². The monoisotopic (exact) mass is 581 g/mol. The number of aliphatic hydroxyl groups excluding tert-OH is 1. The smallest absolute Gasteiger partial charge is 0.246 e. The lowest BCUT2D eigenvalue weighted by Crippen LogP contribution is -2.58. The number of nitrogens with one attached hydrogen (secondary N) is 2. The number of aliphatic hydroxyl groups is 1. The number of rotatable bonds is 10. The van der Waals surface area contributed by atoms with Gasteiger partial charge in [-0.3, -0.25) is 14.4 Å². The van der Waals surface area contributed by atoms with E-state index in [0.29, 0.717) is 19.4 Å². The van der Waals surface area contributed by atoms with Crippen LogP contribution in [0.15, 0.2) is 91.0 Å². The molecule has 3 aliphatic rings. The fraction of sp³-hybridized carbons (Fsp3) is 0.400. The van der Waals surface area contributed by atoms with Crippen molar-refractivity contribution in [2.75, 3.05) is 6.61 Å². The van der Waals surface area contributed by atoms with E-state index in [2.05, 4.69) is 10.6 Å². The predicted octanol–water partition coefficient (Wildman–Crippen LogP) is 3.23. The Hall–Kier alpha value is -4.01. The first kappa shape index (κ1) is 29.1. The highest BCUT2D eigenvalue weighted by Gasteiger charge is 2.80. The number of ether oxygens (including phenoxy) is 1. The largest absolute Gasteiger partial charge is 0.394 e. The van der Waals surface area contributed by atoms with Crippen molar-refractivity contribution < 1.29 is 24.2 Å². The average molecular weight is 582 g/mol. The molecule has 0 radical (unpaired) electrons. The number of hydrogen-bond acceptors (Lipinski definition) is 5. The zero-order valence-corrected chi connectivity index (χ0v) is 24.6. The second-order valence-electron chi connectivity index (χ2n) is 12.4. The zero-order valence-electron chi connectivity index (χ0n) is 24.6. The first-order valence-corrected chi connectivity index (χ1v) is 15.1. The van der Waals surface area contributed by atoms with Crippen LogP contribution < -0.4 is 10.6 Å². The molecule has 8 nitrogen and oxygen atoms in total. The standard InChI is InChI=1S/C35H39N3O5/c1-23-19-35-29(28(34(23,2)43-35)31(40)36-20-25-14-8-4-9-15-25)33(42)38(27(22-39)18-24-12-6-3-7-13-24)30(35)32(41)37-21-26-16-10-5-11-17-26/h3-17,23,27-30,39H,18-22H2,1-2H3,(H,36,40)(H,37,41)/t23?,27-,28-,29+,30?,34+,35?/m1/s1. The maximum Gasteiger partial charge on any atom is 0.246 e. The van der Waals surface area contributed by atoms with E-state index < -0.39 is 35.1 Å². The maximum atomic E-state index is 14.6. The van der Waals surface area contributed by atoms with E-state index in [1.54, 1.807) is 0 Å². The number of hydrogen-bond donors (Lipinski definition) is 3. The number of carbonyl (C=O) groups excluding carboxylic acids is 3. The van der Waals surface area contributed by atoms with Crippen LogP contribution in [0, 0.1) is 17.8 Å². The molecule has 2 bridgehead atoms. The Labute approximate surface area is 252 Å². The van der Waals surface area contributed by atoms with Gasteiger partial charge in [0.2, 0.25) is 17.7 Å². The Bertz CT molecular complexity index is 1470. The van der Waals surface area contributed by atoms with E-state index in [1.165, 1.54) is 4.90 Å². The van der Waals surface area contributed by atoms with Crippen LogP contribution in [-0.4, -0.2) is 57.6 Å². The molecule has 3 heterocycles. The SMILES string of the molecule is CC1CC23O[C@]1(C)[C@@H](C(=O)NCc1ccccc1)[C@H]2C(=O)N([C@@H](CO)Cc1ccccc1)C3C(=O)NCc1ccccc1. The van der Waals surface area contributed by atoms with Crippen molar-refractivity contribution in [1.82, 2.24) is 15.5 Å². The summed E-state index contributed by atoms with van der Waals surface area (Å²) in [4.78, 5) is 44.3. The number of fused-ring (bicyclic) bond motifs is 1. The summed E-state index contributed by atoms with van der Waals surface area (Å²) in [6, 6.07) is 27.2. The van der Waals surface area contributed by atoms with E-state index in [0.717, 1.165) is 16.7 Å². The number of benzene rings is 3. The van der Waals surface area contributed by atoms with Crippen molar-refractivity contribution in [3.8, 4) is 0 Å². The van der Waals surface area contributed by atoms with Crippen LogP contribution >= 0.6 is 0 Å². The minimum absolute atomic E-state index is 0.0740. The minimum atomic E-state index is -1.19. The van der Waals surface area contributed by atoms with E-state index in [1.807, 2.05) is 105 Å². The number of amides is 3. The van der Waals surface area contributed by atoms with Crippen LogP contribution in [0.5, 0.6) is 0 Å². The van der Waals surface area contributed by atoms with Crippen LogP contribution in [0.4, 0.5) is 0 Å². The summed E-state index contributed by atoms with van der Waals surface area (Å²) in [5.41, 5.74) is 0.715. The molecule has 8 heteroatoms. The summed E-state index contributed by atoms with van der Waals surface area (Å²) in [6.07, 6.45) is 0.831. The molecule has 0 aromatic heterocycles. The third kappa shape index (κ3) is 5.02. The van der Waals surface area contributed by atoms with Crippen LogP contribution in [0.1, 0.15) is 37.0 Å². The molecule has 3 N–H and O–H groups in total. The third-order valence-corrected chi connectivity index (χ3v) is 9.82. The predicted molar refractivity (Wildman–Crippen MR) is 161 cm³/mol. The molecule has 3 saturated heterocycles. The quantitative estimate of drug-likeness (QED) is 0.341. The second-order valence-corrected chi connectivity index (χ2v) is 12.4. The van der Waals surface area contributed by atoms with Gasteiger partial charge in [0.05, 0.1) is 30.1 Å². The van der Waals surface area contributed by atoms with Crippen LogP contribution in [-0.2, 0) is 38.6 Å². The van der Waals surface area contributed by atoms with Crippen molar-refractivity contribution in [3.05, 3.63) is 108 Å². The van der Waals surface area contributed by atoms with E-state index in [9.17, 15) is 19.5 Å². The molecular formula is C35H39N3O5. The van der Waals surface area contributed by atoms with Crippen molar-refractivity contribution in [2.45, 2.75) is 63.1 Å². The second kappa shape index (κ2) is 11.6. The van der Waals surface area contributed by atoms with Crippen molar-refractivity contribution >= 4 is 17.7 Å². The molecule has 3 unspecified atom stereocenters. The minimum Gasteiger partial charge on any atom is -0.394 e. The van der Waals surface area contributed by atoms with Crippen LogP contribution in [0.25, 0.3) is 0 Å². The summed E-state index contributed by atoms with van der Waals surface area (Å²) in [5, 5.41) is 16.7. The first-order chi connectivity index (χ1) is 20.8. The van der Waals surface area contributed by atoms with Crippen molar-refractivity contribution in [1.29, 1.82) is 0 Å². The van der Waals surface area contributed by atoms with Gasteiger partial charge in [-0.15, -0.1) is 0 Å². The number of carbonyl (C=O) groups is 3. The molecule has 224 valence electrons. The summed E-state index contributed by atoms with van der Waals surface area (Å²) in [5.74, 6) is -2.61. The molecule has 6 rings (SSSR count). The van der Waals surface area contributed by atoms with Crippen LogP contribution in [0.3, 0.4) is 0 Å². The molecular weight excluding hydrogens is 542 g/mol. The Balaban J connectivity index is 1.35. The molecule has 3 aromatic carbocycles. The van der Waals surface area contributed by atoms with Crippen molar-refractivity contribution in [2.24, 2.45) is 17.8 Å². The normalized spacial score (nSPS) is 29.7. The van der Waals surface area contributed by atoms with Gasteiger partial charge in [-0.1, -0.05) is 97.9 Å². The molecule has 3 aromatic rings. The van der Waals surface area contributed by atoms with Gasteiger partial charge in [-0.2, -0.15) is 0 Å². The Morgan fingerprint density at radius 2 is 1.40 bits per heavy atom. The summed E-state index contributed by atoms with van der Waals surface area (Å²) in [7, 11) is 0. The Morgan fingerprint density at radius 1 is 0.884 bits per heavy atom. The van der Waals surface area contributed by atoms with Gasteiger partial charge in [0.1, 0.15) is 11.6 Å². The van der Waals surface area contributed by atoms with Gasteiger partial charge in [-0.25, -0.2) is 0 Å². The molecule has 7 atom stereocenters. The number of likely N-dealkylation sites (tertiary alicyclic amines) is 1. The average Bonchev–Trinajstić information content (AvgIpc) is 3.55. The molecule has 3 amide bonds. The zero-order chi connectivity index (χ0) is 30.2. The number of nitrogens with zero attached hydrogens (tertiary/aromatic N) is 1. The highest BCUT2D eigenvalue weighted by molar-refractivity contribution is 5.99. The topological polar surface area (TPSA) is 108 Å². The lowest BCUT2D eigenvalue weighted by molar-refractivity contribution is -0.151. The van der Waals surface area contributed by atoms with Crippen molar-refractivity contribution in [3.63, 3.8) is 0 Å². The molecule has 3 aliphatic heterocycles. The Morgan fingerprint density at radius 3 is 1.93 bits per heavy atom. The lowest BCUT2D eigenvalue weighted by atomic mass is 9.62. The summed E-state index contributed by atoms with van der Waals surface area (Å²) < 4.78 is 6.83. The fourth-order valence-corrected chi connectivity index (χ4v) is 7.68. The Kier molecular flexibility index (Phi) is 7.83. The molecule has 3 fully saturated rings. The molecule has 0 saturated carbocycles. The molecule has 1 spiro atoms. The lowest BCUT2D eigenvalue weighted by Gasteiger charge is -2.37. The highest BCUT2D eigenvalue weighted by Crippen LogP contribution is 2.65. The maximum absolute atomic E-state index is 14.6. The van der Waals surface area contributed by atoms with Gasteiger partial charge < -0.3 is 25.4 Å². The molecule has 0 aliphatic carbocycles. The van der Waals surface area contributed by atoms with Gasteiger partial charge in [-0.05, 0) is 42.4 Å². The van der Waals surface area contributed by atoms with E-state index >= 15 is 0 Å². The summed E-state index contributed by atoms with van der Waals surface area (Å²) >= 11 is 0. The van der Waals surface area contributed by atoms with Gasteiger partial charge in [0.25, 0.3) is 0 Å². The molecule has 43 heavy (non-hydrogen) atoms. The van der Waals surface area contributed by atoms with Crippen LogP contribution in [0.2, 0.25) is 0 Å². The van der Waals surface area contributed by atoms with Gasteiger partial charge in [0.15, 0.2) is 0 Å². The first-order valence-electron chi connectivity index (χ1n) is 15.1. The van der Waals surface area contributed by atoms with E-state index in [-0.39, 0.29) is 36.8 Å². The van der Waals surface area contributed by atoms with E-state index in [4.69, 9.17) is 4.74 Å².